The highest BCUT2D eigenvalue weighted by molar-refractivity contribution is 6.58. The molecule has 30 heteroatoms. The molecule has 0 atom stereocenters. The molecule has 0 bridgehead atoms. The highest BCUT2D eigenvalue weighted by Gasteiger charge is 2.61. The molecule has 3 spiro atoms. The molecule has 23 nitrogen and oxygen atoms in total. The average molecular weight is 1770 g/mol. The van der Waals surface area contributed by atoms with Crippen molar-refractivity contribution in [3.05, 3.63) is 274 Å². The zero-order valence-corrected chi connectivity index (χ0v) is 69.9. The predicted octanol–water partition coefficient (Wildman–Crippen LogP) is 20.7. The summed E-state index contributed by atoms with van der Waals surface area (Å²) >= 11 is 38.9. The van der Waals surface area contributed by atoms with Crippen molar-refractivity contribution < 1.29 is 80.9 Å². The number of ether oxygens (including phenoxy) is 4. The lowest BCUT2D eigenvalue weighted by Gasteiger charge is -2.18. The second kappa shape index (κ2) is 36.1. The minimum absolute atomic E-state index is 0. The van der Waals surface area contributed by atoms with Gasteiger partial charge in [-0.25, -0.2) is 0 Å². The molecule has 3 N–H and O–H groups in total. The molecule has 9 aliphatic rings. The van der Waals surface area contributed by atoms with Gasteiger partial charge in [0, 0.05) is 51.5 Å². The number of carbonyl (C=O) groups is 4. The highest BCUT2D eigenvalue weighted by atomic mass is 35.5. The summed E-state index contributed by atoms with van der Waals surface area (Å²) in [6.07, 6.45) is 11.9. The van der Waals surface area contributed by atoms with E-state index in [2.05, 4.69) is 20.8 Å². The molecule has 3 aliphatic heterocycles. The molecule has 6 fully saturated rings. The van der Waals surface area contributed by atoms with Crippen LogP contribution in [0.25, 0.3) is 33.8 Å². The standard InChI is InChI=1S/C30H22Cl2N2O5.C30H24Cl2N2O3.C23H18Cl2N2O3.C7H9BO2.2CO2.CH4/c31-23-2-1-3-24(32)26(23)27-21(28(39-33-27)17-4-5-17)15-37-20-10-11-25-22(14-20)30(12-13-30)29(36)34(25)18-6-8-19(9-7-18)38-16-35;1-17-5-9-19(10-6-17)34-25-12-11-20(15-22(25)30(13-14-30)29(34)35)36-16-21-27(33-37-28(21)18-7-8-18)26-23(31)3-2-4-24(26)32;24-16-2-1-3-17(25)19(16)20-14(21(30-27-20)12-4-5-12)11-29-13-6-7-18-15(10-13)23(8-9-23)22(28)26-18;1-6-2-4-7(5-3-6)8(9)10;2*2-1-3;/h1-3,6-11,14,16-17H,4-5,12-13,15H2;2-6,9-12,15,18H,7-8,13-14,16H2,1H3;1-3,6-7,10,12H,4-5,8-9,11H2,(H,26,28);2-5,9-10H,1H3;;;1H4. The Balaban J connectivity index is 0.000000131. The van der Waals surface area contributed by atoms with E-state index in [0.29, 0.717) is 117 Å². The van der Waals surface area contributed by atoms with Gasteiger partial charge in [0.05, 0.1) is 74.4 Å². The zero-order chi connectivity index (χ0) is 85.5. The molecule has 6 heterocycles. The third kappa shape index (κ3) is 17.5. The van der Waals surface area contributed by atoms with Gasteiger partial charge in [-0.15, -0.1) is 0 Å². The summed E-state index contributed by atoms with van der Waals surface area (Å²) in [6, 6.07) is 55.7. The number of rotatable bonds is 20. The van der Waals surface area contributed by atoms with Gasteiger partial charge in [-0.1, -0.05) is 158 Å². The number of carbonyl (C=O) groups excluding carboxylic acids is 8. The zero-order valence-electron chi connectivity index (χ0n) is 65.3. The van der Waals surface area contributed by atoms with Crippen molar-refractivity contribution in [3.63, 3.8) is 0 Å². The van der Waals surface area contributed by atoms with E-state index in [1.54, 1.807) is 89.8 Å². The van der Waals surface area contributed by atoms with Crippen LogP contribution in [0, 0.1) is 13.8 Å². The van der Waals surface area contributed by atoms with Gasteiger partial charge in [-0.2, -0.15) is 19.2 Å². The summed E-state index contributed by atoms with van der Waals surface area (Å²) in [6.45, 7) is 5.17. The summed E-state index contributed by atoms with van der Waals surface area (Å²) in [4.78, 5) is 86.1. The predicted molar refractivity (Wildman–Crippen MR) is 462 cm³/mol. The van der Waals surface area contributed by atoms with Gasteiger partial charge >= 0.3 is 19.4 Å². The summed E-state index contributed by atoms with van der Waals surface area (Å²) in [5.74, 6) is 6.31. The van der Waals surface area contributed by atoms with Gasteiger partial charge in [-0.05, 0) is 240 Å². The van der Waals surface area contributed by atoms with Gasteiger partial charge in [-0.3, -0.25) is 29.0 Å². The first-order valence-corrected chi connectivity index (χ1v) is 41.6. The van der Waals surface area contributed by atoms with E-state index in [9.17, 15) is 19.2 Å². The third-order valence-corrected chi connectivity index (χ3v) is 25.0. The first kappa shape index (κ1) is 86.3. The molecular weight excluding hydrogens is 1700 g/mol. The number of aryl methyl sites for hydroxylation is 2. The first-order chi connectivity index (χ1) is 59.0. The number of fused-ring (bicyclic) bond motifs is 6. The van der Waals surface area contributed by atoms with Gasteiger partial charge in [0.25, 0.3) is 6.47 Å². The first-order valence-electron chi connectivity index (χ1n) is 39.4. The van der Waals surface area contributed by atoms with E-state index < -0.39 is 17.9 Å². The molecule has 0 saturated heterocycles. The molecule has 9 aromatic carbocycles. The Kier molecular flexibility index (Phi) is 25.3. The van der Waals surface area contributed by atoms with Gasteiger partial charge < -0.3 is 47.9 Å². The van der Waals surface area contributed by atoms with Crippen molar-refractivity contribution in [3.8, 4) is 56.8 Å². The van der Waals surface area contributed by atoms with E-state index in [4.69, 9.17) is 131 Å². The van der Waals surface area contributed by atoms with E-state index in [1.165, 1.54) is 0 Å². The Morgan fingerprint density at radius 3 is 1.10 bits per heavy atom. The van der Waals surface area contributed by atoms with Crippen LogP contribution in [0.2, 0.25) is 30.1 Å². The van der Waals surface area contributed by atoms with Gasteiger partial charge in [0.2, 0.25) is 17.7 Å². The van der Waals surface area contributed by atoms with Crippen molar-refractivity contribution >= 4 is 147 Å². The number of amides is 3. The number of halogens is 6. The third-order valence-electron chi connectivity index (χ3n) is 23.1. The Labute approximate surface area is 736 Å². The van der Waals surface area contributed by atoms with Crippen molar-refractivity contribution in [2.45, 2.75) is 152 Å². The lowest BCUT2D eigenvalue weighted by atomic mass is 9.80. The Morgan fingerprint density at radius 2 is 0.772 bits per heavy atom. The average Bonchev–Trinajstić information content (AvgIpc) is 1.54. The van der Waals surface area contributed by atoms with Crippen LogP contribution in [0.4, 0.5) is 28.4 Å². The summed E-state index contributed by atoms with van der Waals surface area (Å²) in [5, 5.41) is 36.4. The summed E-state index contributed by atoms with van der Waals surface area (Å²) in [7, 11) is -1.35. The van der Waals surface area contributed by atoms with E-state index >= 15 is 0 Å². The van der Waals surface area contributed by atoms with Crippen LogP contribution < -0.4 is 39.5 Å². The highest BCUT2D eigenvalue weighted by Crippen LogP contribution is 2.62. The molecule has 12 aromatic rings. The molecule has 6 aliphatic carbocycles. The van der Waals surface area contributed by atoms with E-state index in [0.717, 1.165) is 173 Å². The molecule has 123 heavy (non-hydrogen) atoms. The molecule has 626 valence electrons. The smallest absolute Gasteiger partial charge is 0.488 e. The lowest BCUT2D eigenvalue weighted by molar-refractivity contribution is -0.193. The number of hydrogen-bond acceptors (Lipinski definition) is 20. The molecule has 6 saturated carbocycles. The number of benzene rings is 9. The quantitative estimate of drug-likeness (QED) is 0.0471. The van der Waals surface area contributed by atoms with Crippen LogP contribution in [-0.4, -0.2) is 69.1 Å². The molecule has 3 aromatic heterocycles. The summed E-state index contributed by atoms with van der Waals surface area (Å²) < 4.78 is 40.9. The van der Waals surface area contributed by atoms with Crippen LogP contribution in [0.3, 0.4) is 0 Å². The number of nitrogens with one attached hydrogen (secondary N) is 1. The van der Waals surface area contributed by atoms with Crippen molar-refractivity contribution in [1.29, 1.82) is 0 Å². The Hall–Kier alpha value is -11.6. The topological polar surface area (TPSA) is 311 Å². The van der Waals surface area contributed by atoms with Crippen LogP contribution in [0.5, 0.6) is 23.0 Å². The number of aromatic nitrogens is 3. The normalized spacial score (nSPS) is 16.0. The van der Waals surface area contributed by atoms with Crippen LogP contribution >= 0.6 is 69.6 Å². The Morgan fingerprint density at radius 1 is 0.455 bits per heavy atom. The number of nitrogens with zero attached hydrogens (tertiary/aromatic N) is 5. The SMILES string of the molecule is C.Cc1ccc(B(O)O)cc1.Cc1ccc(N2C(=O)C3(CC3)c3cc(OCc4c(-c5c(Cl)cccc5Cl)noc4C4CC4)ccc32)cc1.O=C1Nc2ccc(OCc3c(-c4c(Cl)cccc4Cl)noc3C3CC3)cc2C12CC2.O=C=O.O=C=O.O=COc1ccc(N2C(=O)C3(CC3)c3cc(OCc4c(-c5c(Cl)cccc5Cl)noc4C4CC4)ccc32)cc1. The molecule has 3 amide bonds. The fourth-order valence-electron chi connectivity index (χ4n) is 15.8. The lowest BCUT2D eigenvalue weighted by Crippen LogP contribution is -2.29. The second-order valence-electron chi connectivity index (χ2n) is 31.1. The fraction of sp³-hybridized carbons (Fsp3) is 0.258. The minimum Gasteiger partial charge on any atom is -0.489 e. The van der Waals surface area contributed by atoms with Crippen molar-refractivity contribution in [2.24, 2.45) is 0 Å². The number of anilines is 5. The van der Waals surface area contributed by atoms with Crippen LogP contribution in [-0.2, 0) is 74.4 Å². The largest absolute Gasteiger partial charge is 0.489 e. The van der Waals surface area contributed by atoms with Crippen molar-refractivity contribution in [2.75, 3.05) is 15.1 Å². The summed E-state index contributed by atoms with van der Waals surface area (Å²) in [5.41, 5.74) is 15.2. The maximum Gasteiger partial charge on any atom is 0.488 e. The maximum atomic E-state index is 13.6. The molecule has 0 radical (unpaired) electrons. The van der Waals surface area contributed by atoms with Crippen molar-refractivity contribution in [1.82, 2.24) is 15.5 Å². The molecule has 21 rings (SSSR count). The van der Waals surface area contributed by atoms with Gasteiger partial charge in [0.15, 0.2) is 0 Å². The fourth-order valence-corrected chi connectivity index (χ4v) is 17.6. The van der Waals surface area contributed by atoms with Crippen LogP contribution in [0.15, 0.2) is 196 Å². The molecule has 0 unspecified atom stereocenters. The van der Waals surface area contributed by atoms with Gasteiger partial charge in [0.1, 0.15) is 77.2 Å². The number of hydrogen-bond donors (Lipinski definition) is 3. The van der Waals surface area contributed by atoms with Crippen LogP contribution in [0.1, 0.15) is 164 Å². The monoisotopic (exact) mass is 1770 g/mol. The Bertz CT molecular complexity index is 6050. The second-order valence-corrected chi connectivity index (χ2v) is 33.6. The maximum absolute atomic E-state index is 13.6. The van der Waals surface area contributed by atoms with E-state index in [1.807, 2.05) is 116 Å². The molecular formula is C93H77BCl6N6O17. The van der Waals surface area contributed by atoms with E-state index in [-0.39, 0.29) is 56.1 Å². The minimum atomic E-state index is -1.35.